The SMILES string of the molecule is O=C(CCc1ccncc1)N(CCO)C1CCCCC1. The molecule has 1 aliphatic carbocycles. The van der Waals surface area contributed by atoms with Crippen LogP contribution in [0.15, 0.2) is 24.5 Å². The van der Waals surface area contributed by atoms with E-state index in [2.05, 4.69) is 4.98 Å². The van der Waals surface area contributed by atoms with E-state index in [9.17, 15) is 9.90 Å². The molecule has 1 aromatic rings. The number of aliphatic hydroxyl groups excluding tert-OH is 1. The first kappa shape index (κ1) is 15.0. The van der Waals surface area contributed by atoms with Gasteiger partial charge in [0.2, 0.25) is 5.91 Å². The van der Waals surface area contributed by atoms with Crippen LogP contribution in [0.1, 0.15) is 44.1 Å². The van der Waals surface area contributed by atoms with Gasteiger partial charge in [-0.05, 0) is 37.0 Å². The minimum absolute atomic E-state index is 0.0531. The van der Waals surface area contributed by atoms with Crippen molar-refractivity contribution in [3.05, 3.63) is 30.1 Å². The second-order valence-corrected chi connectivity index (χ2v) is 5.46. The molecule has 1 aromatic heterocycles. The lowest BCUT2D eigenvalue weighted by Gasteiger charge is -2.34. The summed E-state index contributed by atoms with van der Waals surface area (Å²) in [5.74, 6) is 0.169. The van der Waals surface area contributed by atoms with E-state index in [0.29, 0.717) is 19.0 Å². The summed E-state index contributed by atoms with van der Waals surface area (Å²) in [6, 6.07) is 4.23. The highest BCUT2D eigenvalue weighted by atomic mass is 16.3. The lowest BCUT2D eigenvalue weighted by Crippen LogP contribution is -2.43. The quantitative estimate of drug-likeness (QED) is 0.866. The van der Waals surface area contributed by atoms with Crippen molar-refractivity contribution in [2.24, 2.45) is 0 Å². The Labute approximate surface area is 120 Å². The first-order valence-corrected chi connectivity index (χ1v) is 7.60. The number of amides is 1. The predicted molar refractivity (Wildman–Crippen MR) is 78.2 cm³/mol. The van der Waals surface area contributed by atoms with Crippen molar-refractivity contribution in [2.75, 3.05) is 13.2 Å². The molecule has 20 heavy (non-hydrogen) atoms. The number of carbonyl (C=O) groups excluding carboxylic acids is 1. The molecule has 2 rings (SSSR count). The van der Waals surface area contributed by atoms with Crippen molar-refractivity contribution in [2.45, 2.75) is 51.0 Å². The van der Waals surface area contributed by atoms with E-state index in [4.69, 9.17) is 0 Å². The second kappa shape index (κ2) is 8.00. The normalized spacial score (nSPS) is 16.1. The van der Waals surface area contributed by atoms with Crippen LogP contribution in [0.4, 0.5) is 0 Å². The van der Waals surface area contributed by atoms with E-state index in [0.717, 1.165) is 24.8 Å². The van der Waals surface area contributed by atoms with Gasteiger partial charge in [0.1, 0.15) is 0 Å². The third kappa shape index (κ3) is 4.30. The van der Waals surface area contributed by atoms with Gasteiger partial charge in [-0.15, -0.1) is 0 Å². The first-order valence-electron chi connectivity index (χ1n) is 7.60. The standard InChI is InChI=1S/C16H24N2O2/c19-13-12-18(15-4-2-1-3-5-15)16(20)7-6-14-8-10-17-11-9-14/h8-11,15,19H,1-7,12-13H2. The van der Waals surface area contributed by atoms with Gasteiger partial charge in [-0.1, -0.05) is 19.3 Å². The summed E-state index contributed by atoms with van der Waals surface area (Å²) in [7, 11) is 0. The molecule has 4 nitrogen and oxygen atoms in total. The summed E-state index contributed by atoms with van der Waals surface area (Å²) in [5, 5.41) is 9.20. The highest BCUT2D eigenvalue weighted by Crippen LogP contribution is 2.23. The Morgan fingerprint density at radius 2 is 1.95 bits per heavy atom. The number of aryl methyl sites for hydroxylation is 1. The molecule has 1 saturated carbocycles. The Kier molecular flexibility index (Phi) is 5.99. The van der Waals surface area contributed by atoms with Crippen LogP contribution in [0.5, 0.6) is 0 Å². The number of hydrogen-bond acceptors (Lipinski definition) is 3. The van der Waals surface area contributed by atoms with Gasteiger partial charge in [0.25, 0.3) is 0 Å². The van der Waals surface area contributed by atoms with E-state index in [1.54, 1.807) is 12.4 Å². The summed E-state index contributed by atoms with van der Waals surface area (Å²) >= 11 is 0. The molecular formula is C16H24N2O2. The zero-order chi connectivity index (χ0) is 14.2. The molecule has 0 radical (unpaired) electrons. The van der Waals surface area contributed by atoms with Crippen LogP contribution in [0.2, 0.25) is 0 Å². The number of carbonyl (C=O) groups is 1. The summed E-state index contributed by atoms with van der Waals surface area (Å²) in [6.45, 7) is 0.525. The van der Waals surface area contributed by atoms with Gasteiger partial charge in [-0.3, -0.25) is 9.78 Å². The molecule has 0 unspecified atom stereocenters. The van der Waals surface area contributed by atoms with Crippen molar-refractivity contribution in [1.29, 1.82) is 0 Å². The molecule has 4 heteroatoms. The fourth-order valence-corrected chi connectivity index (χ4v) is 2.96. The Hall–Kier alpha value is -1.42. The van der Waals surface area contributed by atoms with Crippen LogP contribution in [-0.2, 0) is 11.2 Å². The van der Waals surface area contributed by atoms with Crippen LogP contribution in [-0.4, -0.2) is 40.1 Å². The van der Waals surface area contributed by atoms with Gasteiger partial charge in [0, 0.05) is 31.4 Å². The molecule has 0 bridgehead atoms. The molecule has 0 spiro atoms. The van der Waals surface area contributed by atoms with Gasteiger partial charge >= 0.3 is 0 Å². The third-order valence-corrected chi connectivity index (χ3v) is 4.05. The summed E-state index contributed by atoms with van der Waals surface area (Å²) < 4.78 is 0. The average molecular weight is 276 g/mol. The second-order valence-electron chi connectivity index (χ2n) is 5.46. The maximum absolute atomic E-state index is 12.4. The maximum atomic E-state index is 12.4. The Morgan fingerprint density at radius 3 is 2.60 bits per heavy atom. The number of aromatic nitrogens is 1. The number of hydrogen-bond donors (Lipinski definition) is 1. The molecule has 0 aliphatic heterocycles. The Bertz CT molecular complexity index is 402. The van der Waals surface area contributed by atoms with E-state index < -0.39 is 0 Å². The third-order valence-electron chi connectivity index (χ3n) is 4.05. The highest BCUT2D eigenvalue weighted by Gasteiger charge is 2.24. The molecule has 0 atom stereocenters. The van der Waals surface area contributed by atoms with Gasteiger partial charge < -0.3 is 10.0 Å². The van der Waals surface area contributed by atoms with Crippen molar-refractivity contribution in [3.8, 4) is 0 Å². The molecule has 110 valence electrons. The van der Waals surface area contributed by atoms with E-state index in [1.807, 2.05) is 17.0 Å². The fourth-order valence-electron chi connectivity index (χ4n) is 2.96. The van der Waals surface area contributed by atoms with Gasteiger partial charge in [-0.2, -0.15) is 0 Å². The predicted octanol–water partition coefficient (Wildman–Crippen LogP) is 2.17. The molecule has 1 aliphatic rings. The van der Waals surface area contributed by atoms with Gasteiger partial charge in [0.15, 0.2) is 0 Å². The lowest BCUT2D eigenvalue weighted by molar-refractivity contribution is -0.134. The van der Waals surface area contributed by atoms with Crippen molar-refractivity contribution >= 4 is 5.91 Å². The zero-order valence-electron chi connectivity index (χ0n) is 12.0. The topological polar surface area (TPSA) is 53.4 Å². The first-order chi connectivity index (χ1) is 9.81. The lowest BCUT2D eigenvalue weighted by atomic mass is 9.93. The van der Waals surface area contributed by atoms with E-state index in [1.165, 1.54) is 19.3 Å². The summed E-state index contributed by atoms with van der Waals surface area (Å²) in [6.07, 6.45) is 10.6. The average Bonchev–Trinajstić information content (AvgIpc) is 2.52. The van der Waals surface area contributed by atoms with E-state index >= 15 is 0 Å². The number of rotatable bonds is 6. The van der Waals surface area contributed by atoms with Crippen LogP contribution in [0, 0.1) is 0 Å². The van der Waals surface area contributed by atoms with Crippen LogP contribution in [0.3, 0.4) is 0 Å². The molecule has 1 heterocycles. The largest absolute Gasteiger partial charge is 0.395 e. The Balaban J connectivity index is 1.89. The number of nitrogens with zero attached hydrogens (tertiary/aromatic N) is 2. The zero-order valence-corrected chi connectivity index (χ0v) is 12.0. The minimum atomic E-state index is 0.0531. The minimum Gasteiger partial charge on any atom is -0.395 e. The van der Waals surface area contributed by atoms with Crippen LogP contribution < -0.4 is 0 Å². The van der Waals surface area contributed by atoms with E-state index in [-0.39, 0.29) is 12.5 Å². The van der Waals surface area contributed by atoms with Gasteiger partial charge in [0.05, 0.1) is 6.61 Å². The highest BCUT2D eigenvalue weighted by molar-refractivity contribution is 5.76. The maximum Gasteiger partial charge on any atom is 0.223 e. The molecule has 1 fully saturated rings. The van der Waals surface area contributed by atoms with Crippen LogP contribution in [0.25, 0.3) is 0 Å². The Morgan fingerprint density at radius 1 is 1.25 bits per heavy atom. The van der Waals surface area contributed by atoms with Crippen LogP contribution >= 0.6 is 0 Å². The monoisotopic (exact) mass is 276 g/mol. The van der Waals surface area contributed by atoms with Crippen molar-refractivity contribution < 1.29 is 9.90 Å². The molecule has 0 saturated heterocycles. The number of aliphatic hydroxyl groups is 1. The summed E-state index contributed by atoms with van der Waals surface area (Å²) in [5.41, 5.74) is 1.14. The smallest absolute Gasteiger partial charge is 0.223 e. The molecule has 1 N–H and O–H groups in total. The number of pyridine rings is 1. The molecular weight excluding hydrogens is 252 g/mol. The van der Waals surface area contributed by atoms with Crippen molar-refractivity contribution in [1.82, 2.24) is 9.88 Å². The van der Waals surface area contributed by atoms with Crippen molar-refractivity contribution in [3.63, 3.8) is 0 Å². The fraction of sp³-hybridized carbons (Fsp3) is 0.625. The molecule has 0 aromatic carbocycles. The summed E-state index contributed by atoms with van der Waals surface area (Å²) in [4.78, 5) is 18.3. The van der Waals surface area contributed by atoms with Gasteiger partial charge in [-0.25, -0.2) is 0 Å². The molecule has 1 amide bonds.